The van der Waals surface area contributed by atoms with Crippen molar-refractivity contribution in [2.75, 3.05) is 0 Å². The highest BCUT2D eigenvalue weighted by molar-refractivity contribution is 5.76. The van der Waals surface area contributed by atoms with Crippen LogP contribution in [0.15, 0.2) is 30.5 Å². The first-order valence-electron chi connectivity index (χ1n) is 7.52. The minimum atomic E-state index is -4.42. The molecule has 0 spiro atoms. The van der Waals surface area contributed by atoms with Crippen LogP contribution in [0, 0.1) is 0 Å². The van der Waals surface area contributed by atoms with Gasteiger partial charge in [0.25, 0.3) is 0 Å². The number of aromatic nitrogens is 3. The number of carbonyl (C=O) groups is 1. The molecule has 1 fully saturated rings. The summed E-state index contributed by atoms with van der Waals surface area (Å²) in [5.74, 6) is -0.803. The zero-order valence-corrected chi connectivity index (χ0v) is 12.9. The van der Waals surface area contributed by atoms with Crippen LogP contribution in [-0.4, -0.2) is 26.1 Å². The van der Waals surface area contributed by atoms with E-state index in [1.54, 1.807) is 6.20 Å². The summed E-state index contributed by atoms with van der Waals surface area (Å²) in [5, 5.41) is 17.9. The molecule has 1 aliphatic carbocycles. The number of hydrogen-bond acceptors (Lipinski definition) is 3. The SMILES string of the molecule is CC(Cc1ccc(C(F)(F)F)cc1)(C(=O)O)n1ncc(C2CC2)n1. The number of carboxylic acids is 1. The quantitative estimate of drug-likeness (QED) is 0.908. The Kier molecular flexibility index (Phi) is 3.85. The molecule has 1 aliphatic rings. The Labute approximate surface area is 136 Å². The van der Waals surface area contributed by atoms with Crippen molar-refractivity contribution in [3.8, 4) is 0 Å². The van der Waals surface area contributed by atoms with E-state index in [4.69, 9.17) is 0 Å². The molecule has 0 radical (unpaired) electrons. The fourth-order valence-electron chi connectivity index (χ4n) is 2.52. The van der Waals surface area contributed by atoms with E-state index in [1.807, 2.05) is 0 Å². The van der Waals surface area contributed by atoms with Gasteiger partial charge in [0.15, 0.2) is 5.54 Å². The molecule has 0 bridgehead atoms. The number of aliphatic carboxylic acids is 1. The largest absolute Gasteiger partial charge is 0.479 e. The first-order valence-corrected chi connectivity index (χ1v) is 7.52. The lowest BCUT2D eigenvalue weighted by atomic mass is 9.93. The van der Waals surface area contributed by atoms with E-state index in [0.717, 1.165) is 35.5 Å². The van der Waals surface area contributed by atoms with Gasteiger partial charge < -0.3 is 5.11 Å². The van der Waals surface area contributed by atoms with E-state index in [9.17, 15) is 23.1 Å². The zero-order chi connectivity index (χ0) is 17.5. The summed E-state index contributed by atoms with van der Waals surface area (Å²) in [5.41, 5.74) is -1.00. The summed E-state index contributed by atoms with van der Waals surface area (Å²) in [7, 11) is 0. The monoisotopic (exact) mass is 339 g/mol. The third kappa shape index (κ3) is 3.13. The Balaban J connectivity index is 1.86. The molecular weight excluding hydrogens is 323 g/mol. The van der Waals surface area contributed by atoms with Gasteiger partial charge in [0.2, 0.25) is 0 Å². The van der Waals surface area contributed by atoms with Crippen LogP contribution in [-0.2, 0) is 22.9 Å². The molecule has 3 rings (SSSR count). The molecular formula is C16H16F3N3O2. The van der Waals surface area contributed by atoms with Crippen molar-refractivity contribution in [3.63, 3.8) is 0 Å². The second-order valence-electron chi connectivity index (χ2n) is 6.28. The number of rotatable bonds is 5. The molecule has 2 aromatic rings. The fraction of sp³-hybridized carbons (Fsp3) is 0.438. The van der Waals surface area contributed by atoms with Gasteiger partial charge in [0, 0.05) is 12.3 Å². The molecule has 1 unspecified atom stereocenters. The van der Waals surface area contributed by atoms with Crippen molar-refractivity contribution in [3.05, 3.63) is 47.3 Å². The molecule has 0 amide bonds. The maximum Gasteiger partial charge on any atom is 0.416 e. The van der Waals surface area contributed by atoms with Crippen LogP contribution in [0.1, 0.15) is 42.5 Å². The van der Waals surface area contributed by atoms with Gasteiger partial charge in [-0.2, -0.15) is 28.2 Å². The molecule has 1 atom stereocenters. The van der Waals surface area contributed by atoms with Gasteiger partial charge in [-0.25, -0.2) is 4.79 Å². The van der Waals surface area contributed by atoms with Crippen LogP contribution in [0.2, 0.25) is 0 Å². The Morgan fingerprint density at radius 3 is 2.42 bits per heavy atom. The molecule has 1 N–H and O–H groups in total. The third-order valence-corrected chi connectivity index (χ3v) is 4.24. The highest BCUT2D eigenvalue weighted by Gasteiger charge is 2.39. The number of carboxylic acid groups (broad SMARTS) is 1. The molecule has 1 heterocycles. The van der Waals surface area contributed by atoms with Crippen LogP contribution in [0.25, 0.3) is 0 Å². The molecule has 1 saturated carbocycles. The van der Waals surface area contributed by atoms with Crippen molar-refractivity contribution in [1.29, 1.82) is 0 Å². The van der Waals surface area contributed by atoms with Gasteiger partial charge >= 0.3 is 12.1 Å². The molecule has 1 aromatic carbocycles. The predicted molar refractivity (Wildman–Crippen MR) is 78.4 cm³/mol. The van der Waals surface area contributed by atoms with Crippen LogP contribution in [0.4, 0.5) is 13.2 Å². The highest BCUT2D eigenvalue weighted by Crippen LogP contribution is 2.39. The van der Waals surface area contributed by atoms with E-state index < -0.39 is 23.2 Å². The first-order chi connectivity index (χ1) is 11.2. The third-order valence-electron chi connectivity index (χ3n) is 4.24. The lowest BCUT2D eigenvalue weighted by Gasteiger charge is -2.24. The van der Waals surface area contributed by atoms with Crippen molar-refractivity contribution in [2.24, 2.45) is 0 Å². The summed E-state index contributed by atoms with van der Waals surface area (Å²) >= 11 is 0. The zero-order valence-electron chi connectivity index (χ0n) is 12.9. The second-order valence-corrected chi connectivity index (χ2v) is 6.28. The lowest BCUT2D eigenvalue weighted by molar-refractivity contribution is -0.148. The number of benzene rings is 1. The molecule has 128 valence electrons. The normalized spacial score (nSPS) is 17.5. The Hall–Kier alpha value is -2.38. The molecule has 8 heteroatoms. The molecule has 24 heavy (non-hydrogen) atoms. The van der Waals surface area contributed by atoms with E-state index in [0.29, 0.717) is 11.5 Å². The van der Waals surface area contributed by atoms with Crippen LogP contribution >= 0.6 is 0 Å². The number of nitrogens with zero attached hydrogens (tertiary/aromatic N) is 3. The number of halogens is 3. The van der Waals surface area contributed by atoms with Gasteiger partial charge in [0.05, 0.1) is 17.5 Å². The van der Waals surface area contributed by atoms with E-state index >= 15 is 0 Å². The van der Waals surface area contributed by atoms with E-state index in [-0.39, 0.29) is 6.42 Å². The number of alkyl halides is 3. The van der Waals surface area contributed by atoms with Crippen LogP contribution in [0.3, 0.4) is 0 Å². The minimum Gasteiger partial charge on any atom is -0.479 e. The predicted octanol–water partition coefficient (Wildman–Crippen LogP) is 3.22. The molecule has 5 nitrogen and oxygen atoms in total. The standard InChI is InChI=1S/C16H16F3N3O2/c1-15(14(23)24,22-20-9-13(21-22)11-4-5-11)8-10-2-6-12(7-3-10)16(17,18)19/h2-3,6-7,9,11H,4-5,8H2,1H3,(H,23,24). The van der Waals surface area contributed by atoms with Crippen LogP contribution in [0.5, 0.6) is 0 Å². The van der Waals surface area contributed by atoms with Gasteiger partial charge in [0.1, 0.15) is 0 Å². The summed E-state index contributed by atoms with van der Waals surface area (Å²) in [4.78, 5) is 12.9. The van der Waals surface area contributed by atoms with Gasteiger partial charge in [-0.05, 0) is 37.5 Å². The van der Waals surface area contributed by atoms with Crippen molar-refractivity contribution >= 4 is 5.97 Å². The van der Waals surface area contributed by atoms with Crippen molar-refractivity contribution < 1.29 is 23.1 Å². The fourth-order valence-corrected chi connectivity index (χ4v) is 2.52. The van der Waals surface area contributed by atoms with Crippen molar-refractivity contribution in [2.45, 2.75) is 43.8 Å². The summed E-state index contributed by atoms with van der Waals surface area (Å²) in [6.45, 7) is 1.46. The average molecular weight is 339 g/mol. The lowest BCUT2D eigenvalue weighted by Crippen LogP contribution is -2.42. The van der Waals surface area contributed by atoms with Crippen LogP contribution < -0.4 is 0 Å². The first kappa shape index (κ1) is 16.5. The average Bonchev–Trinajstić information content (AvgIpc) is 3.23. The summed E-state index contributed by atoms with van der Waals surface area (Å²) in [6, 6.07) is 4.47. The van der Waals surface area contributed by atoms with Gasteiger partial charge in [-0.3, -0.25) is 0 Å². The number of hydrogen-bond donors (Lipinski definition) is 1. The Bertz CT molecular complexity index is 751. The summed E-state index contributed by atoms with van der Waals surface area (Å²) in [6.07, 6.45) is -0.842. The molecule has 1 aromatic heterocycles. The molecule has 0 aliphatic heterocycles. The van der Waals surface area contributed by atoms with E-state index in [1.165, 1.54) is 19.1 Å². The minimum absolute atomic E-state index is 0.0146. The van der Waals surface area contributed by atoms with Gasteiger partial charge in [-0.15, -0.1) is 0 Å². The maximum absolute atomic E-state index is 12.6. The summed E-state index contributed by atoms with van der Waals surface area (Å²) < 4.78 is 37.9. The molecule has 0 saturated heterocycles. The van der Waals surface area contributed by atoms with E-state index in [2.05, 4.69) is 10.2 Å². The Morgan fingerprint density at radius 2 is 1.92 bits per heavy atom. The smallest absolute Gasteiger partial charge is 0.416 e. The topological polar surface area (TPSA) is 68.0 Å². The second kappa shape index (κ2) is 5.61. The highest BCUT2D eigenvalue weighted by atomic mass is 19.4. The maximum atomic E-state index is 12.6. The Morgan fingerprint density at radius 1 is 1.29 bits per heavy atom. The van der Waals surface area contributed by atoms with Gasteiger partial charge in [-0.1, -0.05) is 12.1 Å². The van der Waals surface area contributed by atoms with Crippen molar-refractivity contribution in [1.82, 2.24) is 15.0 Å².